The van der Waals surface area contributed by atoms with E-state index in [0.29, 0.717) is 0 Å². The molecule has 2 aromatic heterocycles. The van der Waals surface area contributed by atoms with Crippen molar-refractivity contribution in [1.29, 1.82) is 0 Å². The summed E-state index contributed by atoms with van der Waals surface area (Å²) in [4.78, 5) is 9.63. The Kier molecular flexibility index (Phi) is 7.34. The maximum atomic E-state index is 4.81. The third kappa shape index (κ3) is 4.98. The second-order valence-corrected chi connectivity index (χ2v) is 14.4. The van der Waals surface area contributed by atoms with Crippen molar-refractivity contribution in [3.8, 4) is 55.6 Å². The summed E-state index contributed by atoms with van der Waals surface area (Å²) in [6, 6.07) is 57.9. The number of nitrogens with zero attached hydrogens (tertiary/aromatic N) is 4. The highest BCUT2D eigenvalue weighted by molar-refractivity contribution is 6.22. The van der Waals surface area contributed by atoms with E-state index in [4.69, 9.17) is 9.97 Å². The van der Waals surface area contributed by atoms with Crippen LogP contribution in [-0.4, -0.2) is 19.1 Å². The number of benzene rings is 8. The third-order valence-electron chi connectivity index (χ3n) is 11.4. The lowest BCUT2D eigenvalue weighted by atomic mass is 9.81. The van der Waals surface area contributed by atoms with Gasteiger partial charge in [-0.3, -0.25) is 0 Å². The van der Waals surface area contributed by atoms with Gasteiger partial charge in [-0.15, -0.1) is 0 Å². The Balaban J connectivity index is 1.37. The molecule has 0 fully saturated rings. The summed E-state index contributed by atoms with van der Waals surface area (Å²) >= 11 is 0. The number of hydrogen-bond donors (Lipinski definition) is 0. The first kappa shape index (κ1) is 31.9. The molecule has 0 atom stereocenters. The number of hydrogen-bond acceptors (Lipinski definition) is 2. The smallest absolute Gasteiger partial charge is 0.106 e. The first-order valence-electron chi connectivity index (χ1n) is 18.5. The molecule has 8 aromatic carbocycles. The Hall–Kier alpha value is -6.78. The summed E-state index contributed by atoms with van der Waals surface area (Å²) in [5.41, 5.74) is 16.3. The van der Waals surface area contributed by atoms with Gasteiger partial charge in [0.25, 0.3) is 0 Å². The highest BCUT2D eigenvalue weighted by Gasteiger charge is 2.22. The Labute approximate surface area is 314 Å². The minimum atomic E-state index is 1.00. The average Bonchev–Trinajstić information content (AvgIpc) is 3.67. The summed E-state index contributed by atoms with van der Waals surface area (Å²) in [6.07, 6.45) is 0. The number of imidazole rings is 2. The maximum Gasteiger partial charge on any atom is 0.106 e. The maximum absolute atomic E-state index is 4.81. The zero-order valence-electron chi connectivity index (χ0n) is 30.8. The minimum absolute atomic E-state index is 1.00. The van der Waals surface area contributed by atoms with Crippen LogP contribution in [-0.2, 0) is 14.1 Å². The average molecular weight is 695 g/mol. The van der Waals surface area contributed by atoms with Crippen LogP contribution < -0.4 is 0 Å². The summed E-state index contributed by atoms with van der Waals surface area (Å²) in [7, 11) is 4.20. The van der Waals surface area contributed by atoms with E-state index in [1.807, 2.05) is 0 Å². The molecule has 10 aromatic rings. The second-order valence-electron chi connectivity index (χ2n) is 14.4. The van der Waals surface area contributed by atoms with E-state index >= 15 is 0 Å². The fraction of sp³-hybridized carbons (Fsp3) is 0.0800. The SMILES string of the molecule is Cc1nc2ccc(-c3cccc4c(-c5c(-c6ccccc6)cccc5-c5ccccc5)c5cccc(-c6ccc7nc(C)n(C)c7c6)c5cc34)cc2n1C. The van der Waals surface area contributed by atoms with E-state index < -0.39 is 0 Å². The van der Waals surface area contributed by atoms with Gasteiger partial charge in [0.15, 0.2) is 0 Å². The minimum Gasteiger partial charge on any atom is -0.331 e. The molecule has 0 aliphatic rings. The topological polar surface area (TPSA) is 35.6 Å². The fourth-order valence-electron chi connectivity index (χ4n) is 8.43. The van der Waals surface area contributed by atoms with Crippen LogP contribution in [0.15, 0.2) is 158 Å². The van der Waals surface area contributed by atoms with Gasteiger partial charge in [-0.1, -0.05) is 127 Å². The molecule has 0 amide bonds. The molecular formula is C50H38N4. The molecule has 258 valence electrons. The van der Waals surface area contributed by atoms with Gasteiger partial charge in [0.1, 0.15) is 11.6 Å². The Bertz CT molecular complexity index is 2870. The van der Waals surface area contributed by atoms with Crippen molar-refractivity contribution >= 4 is 43.6 Å². The molecule has 0 aliphatic carbocycles. The normalized spacial score (nSPS) is 11.7. The van der Waals surface area contributed by atoms with E-state index in [-0.39, 0.29) is 0 Å². The van der Waals surface area contributed by atoms with Crippen molar-refractivity contribution in [2.75, 3.05) is 0 Å². The first-order chi connectivity index (χ1) is 26.4. The molecule has 0 bridgehead atoms. The van der Waals surface area contributed by atoms with E-state index in [1.165, 1.54) is 77.2 Å². The molecule has 0 aliphatic heterocycles. The van der Waals surface area contributed by atoms with Crippen LogP contribution in [0.3, 0.4) is 0 Å². The summed E-state index contributed by atoms with van der Waals surface area (Å²) in [5, 5.41) is 4.86. The molecule has 0 saturated carbocycles. The van der Waals surface area contributed by atoms with Gasteiger partial charge in [-0.25, -0.2) is 9.97 Å². The molecule has 4 heteroatoms. The molecule has 0 unspecified atom stereocenters. The van der Waals surface area contributed by atoms with Crippen molar-refractivity contribution < 1.29 is 0 Å². The van der Waals surface area contributed by atoms with Crippen LogP contribution in [0.5, 0.6) is 0 Å². The molecule has 10 rings (SSSR count). The largest absolute Gasteiger partial charge is 0.331 e. The molecule has 4 nitrogen and oxygen atoms in total. The summed E-state index contributed by atoms with van der Waals surface area (Å²) in [5.74, 6) is 2.01. The second kappa shape index (κ2) is 12.4. The van der Waals surface area contributed by atoms with Crippen LogP contribution >= 0.6 is 0 Å². The molecule has 0 N–H and O–H groups in total. The summed E-state index contributed by atoms with van der Waals surface area (Å²) < 4.78 is 4.36. The molecule has 0 saturated heterocycles. The van der Waals surface area contributed by atoms with Crippen LogP contribution in [0.4, 0.5) is 0 Å². The Morgan fingerprint density at radius 2 is 0.778 bits per heavy atom. The first-order valence-corrected chi connectivity index (χ1v) is 18.5. The predicted molar refractivity (Wildman–Crippen MR) is 227 cm³/mol. The van der Waals surface area contributed by atoms with Crippen molar-refractivity contribution in [2.45, 2.75) is 13.8 Å². The van der Waals surface area contributed by atoms with E-state index in [0.717, 1.165) is 33.7 Å². The number of rotatable bonds is 5. The van der Waals surface area contributed by atoms with Gasteiger partial charge in [-0.05, 0) is 121 Å². The van der Waals surface area contributed by atoms with Crippen molar-refractivity contribution in [3.05, 3.63) is 169 Å². The van der Waals surface area contributed by atoms with E-state index in [2.05, 4.69) is 195 Å². The predicted octanol–water partition coefficient (Wildman–Crippen LogP) is 12.7. The van der Waals surface area contributed by atoms with Gasteiger partial charge in [0.05, 0.1) is 22.1 Å². The van der Waals surface area contributed by atoms with Crippen LogP contribution in [0.1, 0.15) is 11.6 Å². The molecule has 0 radical (unpaired) electrons. The molecule has 2 heterocycles. The zero-order valence-corrected chi connectivity index (χ0v) is 30.8. The lowest BCUT2D eigenvalue weighted by Crippen LogP contribution is -1.95. The Morgan fingerprint density at radius 1 is 0.352 bits per heavy atom. The monoisotopic (exact) mass is 694 g/mol. The molecular weight excluding hydrogens is 657 g/mol. The number of aryl methyl sites for hydroxylation is 4. The fourth-order valence-corrected chi connectivity index (χ4v) is 8.43. The van der Waals surface area contributed by atoms with Gasteiger partial charge < -0.3 is 9.13 Å². The quantitative estimate of drug-likeness (QED) is 0.168. The van der Waals surface area contributed by atoms with Crippen LogP contribution in [0.25, 0.3) is 99.2 Å². The summed E-state index contributed by atoms with van der Waals surface area (Å²) in [6.45, 7) is 4.13. The number of fused-ring (bicyclic) bond motifs is 4. The van der Waals surface area contributed by atoms with Crippen molar-refractivity contribution in [3.63, 3.8) is 0 Å². The standard InChI is InChI=1S/C50H38N4/c1-31-51-45-26-24-35(28-47(45)53(31)3)37-18-11-22-41-43(37)30-44-38(36-25-27-46-48(29-36)54(4)32(2)52-46)19-12-23-42(44)50(41)49-39(33-14-7-5-8-15-33)20-13-21-40(49)34-16-9-6-10-17-34/h5-30H,1-4H3. The van der Waals surface area contributed by atoms with Crippen LogP contribution in [0, 0.1) is 13.8 Å². The van der Waals surface area contributed by atoms with E-state index in [1.54, 1.807) is 0 Å². The lowest BCUT2D eigenvalue weighted by Gasteiger charge is -2.22. The Morgan fingerprint density at radius 3 is 1.24 bits per heavy atom. The third-order valence-corrected chi connectivity index (χ3v) is 11.4. The van der Waals surface area contributed by atoms with Gasteiger partial charge in [0, 0.05) is 14.1 Å². The number of aromatic nitrogens is 4. The molecule has 0 spiro atoms. The van der Waals surface area contributed by atoms with Gasteiger partial charge >= 0.3 is 0 Å². The van der Waals surface area contributed by atoms with Crippen molar-refractivity contribution in [2.24, 2.45) is 14.1 Å². The van der Waals surface area contributed by atoms with E-state index in [9.17, 15) is 0 Å². The lowest BCUT2D eigenvalue weighted by molar-refractivity contribution is 0.886. The van der Waals surface area contributed by atoms with Crippen molar-refractivity contribution in [1.82, 2.24) is 19.1 Å². The highest BCUT2D eigenvalue weighted by atomic mass is 15.1. The molecule has 54 heavy (non-hydrogen) atoms. The van der Waals surface area contributed by atoms with Gasteiger partial charge in [0.2, 0.25) is 0 Å². The highest BCUT2D eigenvalue weighted by Crippen LogP contribution is 2.49. The van der Waals surface area contributed by atoms with Gasteiger partial charge in [-0.2, -0.15) is 0 Å². The van der Waals surface area contributed by atoms with Crippen LogP contribution in [0.2, 0.25) is 0 Å². The zero-order chi connectivity index (χ0) is 36.5.